The molecule has 0 bridgehead atoms. The SMILES string of the molecule is CCCCCCCCCc1c(OP(=O)(O)O)ccc(-c2ccccc2CCCCCCCC)c1-c1ccccc1CCCCCCCC. The van der Waals surface area contributed by atoms with Crippen molar-refractivity contribution in [3.8, 4) is 28.0 Å². The lowest BCUT2D eigenvalue weighted by molar-refractivity contribution is 0.282. The average molecular weight is 677 g/mol. The van der Waals surface area contributed by atoms with E-state index in [1.54, 1.807) is 0 Å². The van der Waals surface area contributed by atoms with Crippen LogP contribution in [0.2, 0.25) is 0 Å². The fourth-order valence-corrected chi connectivity index (χ4v) is 7.48. The van der Waals surface area contributed by atoms with Crippen molar-refractivity contribution in [2.24, 2.45) is 0 Å². The Labute approximate surface area is 293 Å². The van der Waals surface area contributed by atoms with Crippen molar-refractivity contribution >= 4 is 7.82 Å². The third-order valence-corrected chi connectivity index (χ3v) is 10.1. The van der Waals surface area contributed by atoms with Crippen molar-refractivity contribution in [1.29, 1.82) is 0 Å². The number of unbranched alkanes of at least 4 members (excludes halogenated alkanes) is 16. The van der Waals surface area contributed by atoms with Gasteiger partial charge in [-0.3, -0.25) is 9.79 Å². The van der Waals surface area contributed by atoms with E-state index in [1.165, 1.54) is 119 Å². The molecule has 2 N–H and O–H groups in total. The van der Waals surface area contributed by atoms with Crippen molar-refractivity contribution in [2.75, 3.05) is 0 Å². The van der Waals surface area contributed by atoms with E-state index in [1.807, 2.05) is 6.07 Å². The van der Waals surface area contributed by atoms with Gasteiger partial charge in [0.2, 0.25) is 0 Å². The lowest BCUT2D eigenvalue weighted by Gasteiger charge is -2.23. The molecule has 0 heterocycles. The highest BCUT2D eigenvalue weighted by Gasteiger charge is 2.25. The Hall–Kier alpha value is -2.39. The minimum atomic E-state index is -4.75. The van der Waals surface area contributed by atoms with E-state index in [0.29, 0.717) is 5.75 Å². The highest BCUT2D eigenvalue weighted by Crippen LogP contribution is 2.47. The van der Waals surface area contributed by atoms with Crippen molar-refractivity contribution in [1.82, 2.24) is 0 Å². The zero-order valence-electron chi connectivity index (χ0n) is 30.5. The second-order valence-corrected chi connectivity index (χ2v) is 14.9. The zero-order valence-corrected chi connectivity index (χ0v) is 31.4. The van der Waals surface area contributed by atoms with Crippen LogP contribution < -0.4 is 4.52 Å². The molecule has 3 rings (SSSR count). The van der Waals surface area contributed by atoms with Crippen LogP contribution in [0.4, 0.5) is 0 Å². The monoisotopic (exact) mass is 676 g/mol. The predicted molar refractivity (Wildman–Crippen MR) is 206 cm³/mol. The van der Waals surface area contributed by atoms with Gasteiger partial charge in [0.1, 0.15) is 5.75 Å². The Morgan fingerprint density at radius 1 is 0.479 bits per heavy atom. The summed E-state index contributed by atoms with van der Waals surface area (Å²) < 4.78 is 17.8. The van der Waals surface area contributed by atoms with Gasteiger partial charge in [-0.25, -0.2) is 4.57 Å². The second kappa shape index (κ2) is 23.1. The quantitative estimate of drug-likeness (QED) is 0.0656. The maximum Gasteiger partial charge on any atom is 0.524 e. The highest BCUT2D eigenvalue weighted by atomic mass is 31.2. The largest absolute Gasteiger partial charge is 0.524 e. The Balaban J connectivity index is 2.07. The van der Waals surface area contributed by atoms with Gasteiger partial charge in [-0.15, -0.1) is 0 Å². The fourth-order valence-electron chi connectivity index (χ4n) is 7.06. The van der Waals surface area contributed by atoms with E-state index in [-0.39, 0.29) is 0 Å². The van der Waals surface area contributed by atoms with Gasteiger partial charge < -0.3 is 4.52 Å². The van der Waals surface area contributed by atoms with Crippen LogP contribution in [-0.4, -0.2) is 9.79 Å². The maximum absolute atomic E-state index is 12.3. The zero-order chi connectivity index (χ0) is 34.5. The van der Waals surface area contributed by atoms with Crippen LogP contribution in [0.25, 0.3) is 22.3 Å². The lowest BCUT2D eigenvalue weighted by Crippen LogP contribution is -2.03. The number of hydrogen-bond acceptors (Lipinski definition) is 2. The van der Waals surface area contributed by atoms with Gasteiger partial charge in [-0.1, -0.05) is 178 Å². The molecule has 0 amide bonds. The number of aryl methyl sites for hydroxylation is 2. The summed E-state index contributed by atoms with van der Waals surface area (Å²) >= 11 is 0. The molecule has 0 spiro atoms. The summed E-state index contributed by atoms with van der Waals surface area (Å²) in [6.45, 7) is 6.76. The maximum atomic E-state index is 12.3. The molecule has 0 saturated heterocycles. The number of rotatable bonds is 26. The Kier molecular flexibility index (Phi) is 19.3. The molecule has 266 valence electrons. The van der Waals surface area contributed by atoms with Gasteiger partial charge >= 0.3 is 7.82 Å². The van der Waals surface area contributed by atoms with E-state index in [9.17, 15) is 14.4 Å². The molecule has 48 heavy (non-hydrogen) atoms. The topological polar surface area (TPSA) is 66.8 Å². The molecule has 0 aliphatic heterocycles. The lowest BCUT2D eigenvalue weighted by atomic mass is 9.83. The summed E-state index contributed by atoms with van der Waals surface area (Å²) in [7, 11) is -4.75. The second-order valence-electron chi connectivity index (χ2n) is 13.8. The summed E-state index contributed by atoms with van der Waals surface area (Å²) in [6.07, 6.45) is 26.0. The van der Waals surface area contributed by atoms with Gasteiger partial charge in [0, 0.05) is 5.56 Å². The highest BCUT2D eigenvalue weighted by molar-refractivity contribution is 7.46. The smallest absolute Gasteiger partial charge is 0.404 e. The molecule has 3 aromatic carbocycles. The molecule has 0 atom stereocenters. The van der Waals surface area contributed by atoms with Crippen LogP contribution in [0.3, 0.4) is 0 Å². The molecule has 5 heteroatoms. The van der Waals surface area contributed by atoms with Gasteiger partial charge in [0.15, 0.2) is 0 Å². The Bertz CT molecular complexity index is 1360. The molecule has 0 aromatic heterocycles. The van der Waals surface area contributed by atoms with Crippen LogP contribution in [0, 0.1) is 0 Å². The van der Waals surface area contributed by atoms with Gasteiger partial charge in [0.05, 0.1) is 0 Å². The first-order valence-electron chi connectivity index (χ1n) is 19.5. The molecule has 4 nitrogen and oxygen atoms in total. The number of phosphoric ester groups is 1. The minimum Gasteiger partial charge on any atom is -0.404 e. The van der Waals surface area contributed by atoms with Crippen LogP contribution in [0.15, 0.2) is 60.7 Å². The van der Waals surface area contributed by atoms with Gasteiger partial charge in [0.25, 0.3) is 0 Å². The normalized spacial score (nSPS) is 11.7. The van der Waals surface area contributed by atoms with Gasteiger partial charge in [-0.2, -0.15) is 0 Å². The first kappa shape index (κ1) is 40.0. The average Bonchev–Trinajstić information content (AvgIpc) is 3.07. The van der Waals surface area contributed by atoms with E-state index < -0.39 is 7.82 Å². The molecular formula is C43H65O4P. The Morgan fingerprint density at radius 3 is 1.40 bits per heavy atom. The predicted octanol–water partition coefficient (Wildman–Crippen LogP) is 13.6. The van der Waals surface area contributed by atoms with Crippen LogP contribution in [0.5, 0.6) is 5.75 Å². The third kappa shape index (κ3) is 14.2. The van der Waals surface area contributed by atoms with Crippen LogP contribution in [-0.2, 0) is 23.8 Å². The first-order chi connectivity index (χ1) is 23.4. The third-order valence-electron chi connectivity index (χ3n) is 9.71. The molecular weight excluding hydrogens is 611 g/mol. The van der Waals surface area contributed by atoms with Crippen LogP contribution in [0.1, 0.15) is 159 Å². The molecule has 0 fully saturated rings. The minimum absolute atomic E-state index is 0.316. The summed E-state index contributed by atoms with van der Waals surface area (Å²) in [5.41, 5.74) is 8.19. The van der Waals surface area contributed by atoms with Crippen molar-refractivity contribution in [3.63, 3.8) is 0 Å². The van der Waals surface area contributed by atoms with E-state index >= 15 is 0 Å². The van der Waals surface area contributed by atoms with E-state index in [0.717, 1.165) is 61.6 Å². The van der Waals surface area contributed by atoms with Crippen LogP contribution >= 0.6 is 7.82 Å². The summed E-state index contributed by atoms with van der Waals surface area (Å²) in [6, 6.07) is 21.4. The molecule has 0 aliphatic carbocycles. The van der Waals surface area contributed by atoms with Crippen molar-refractivity contribution < 1.29 is 18.9 Å². The molecule has 0 unspecified atom stereocenters. The van der Waals surface area contributed by atoms with Gasteiger partial charge in [-0.05, 0) is 78.0 Å². The molecule has 0 aliphatic rings. The molecule has 0 saturated carbocycles. The molecule has 0 radical (unpaired) electrons. The number of hydrogen-bond donors (Lipinski definition) is 2. The fraction of sp³-hybridized carbons (Fsp3) is 0.581. The van der Waals surface area contributed by atoms with Crippen molar-refractivity contribution in [2.45, 2.75) is 162 Å². The summed E-state index contributed by atoms with van der Waals surface area (Å²) in [4.78, 5) is 20.0. The first-order valence-corrected chi connectivity index (χ1v) is 21.0. The van der Waals surface area contributed by atoms with Crippen molar-refractivity contribution in [3.05, 3.63) is 77.4 Å². The molecule has 3 aromatic rings. The summed E-state index contributed by atoms with van der Waals surface area (Å²) in [5.74, 6) is 0.316. The van der Waals surface area contributed by atoms with E-state index in [2.05, 4.69) is 75.4 Å². The van der Waals surface area contributed by atoms with E-state index in [4.69, 9.17) is 4.52 Å². The summed E-state index contributed by atoms with van der Waals surface area (Å²) in [5, 5.41) is 0. The standard InChI is InChI=1S/C43H65O4P/c1-4-7-10-13-16-19-22-33-41-42(47-48(44,45)46)35-34-40(38-31-25-23-29-36(38)27-20-17-14-11-8-5-2)43(41)39-32-26-24-30-37(39)28-21-18-15-12-9-6-3/h23-26,29-32,34-35H,4-22,27-28,33H2,1-3H3,(H2,44,45,46). The number of benzene rings is 3. The Morgan fingerprint density at radius 2 is 0.896 bits per heavy atom. The number of phosphoric acid groups is 1.